The number of nitrogens with zero attached hydrogens (tertiary/aromatic N) is 1. The molecule has 6 nitrogen and oxygen atoms in total. The fourth-order valence-electron chi connectivity index (χ4n) is 2.95. The average Bonchev–Trinajstić information content (AvgIpc) is 2.80. The molecule has 0 unspecified atom stereocenters. The van der Waals surface area contributed by atoms with Gasteiger partial charge in [-0.05, 0) is 66.9 Å². The van der Waals surface area contributed by atoms with Gasteiger partial charge in [0.2, 0.25) is 0 Å². The van der Waals surface area contributed by atoms with Crippen molar-refractivity contribution in [2.24, 2.45) is 0 Å². The van der Waals surface area contributed by atoms with Crippen LogP contribution in [0.15, 0.2) is 66.2 Å². The van der Waals surface area contributed by atoms with Gasteiger partial charge in [0.1, 0.15) is 17.4 Å². The van der Waals surface area contributed by atoms with Crippen LogP contribution >= 0.6 is 23.2 Å². The Bertz CT molecular complexity index is 1310. The fraction of sp³-hybridized carbons (Fsp3) is 0.115. The van der Waals surface area contributed by atoms with E-state index in [0.29, 0.717) is 27.7 Å². The number of nitriles is 1. The predicted molar refractivity (Wildman–Crippen MR) is 135 cm³/mol. The number of aryl methyl sites for hydroxylation is 2. The van der Waals surface area contributed by atoms with E-state index in [1.165, 1.54) is 6.08 Å². The van der Waals surface area contributed by atoms with Crippen molar-refractivity contribution in [1.82, 2.24) is 0 Å². The van der Waals surface area contributed by atoms with Gasteiger partial charge in [-0.15, -0.1) is 0 Å². The first kappa shape index (κ1) is 24.8. The van der Waals surface area contributed by atoms with Gasteiger partial charge in [-0.25, -0.2) is 0 Å². The third-order valence-electron chi connectivity index (χ3n) is 4.84. The van der Waals surface area contributed by atoms with E-state index in [1.54, 1.807) is 48.5 Å². The maximum Gasteiger partial charge on any atom is 0.266 e. The minimum absolute atomic E-state index is 0.0795. The zero-order valence-corrected chi connectivity index (χ0v) is 20.0. The van der Waals surface area contributed by atoms with Gasteiger partial charge in [0.05, 0.1) is 5.02 Å². The van der Waals surface area contributed by atoms with Crippen molar-refractivity contribution in [1.29, 1.82) is 5.26 Å². The number of amides is 2. The largest absolute Gasteiger partial charge is 0.482 e. The van der Waals surface area contributed by atoms with E-state index < -0.39 is 5.91 Å². The summed E-state index contributed by atoms with van der Waals surface area (Å²) in [6.07, 6.45) is 1.43. The molecule has 0 saturated heterocycles. The molecule has 8 heteroatoms. The number of hydrogen-bond donors (Lipinski definition) is 2. The van der Waals surface area contributed by atoms with Crippen LogP contribution in [0.4, 0.5) is 11.4 Å². The van der Waals surface area contributed by atoms with Gasteiger partial charge in [-0.3, -0.25) is 9.59 Å². The molecule has 3 rings (SSSR count). The maximum absolute atomic E-state index is 12.5. The second kappa shape index (κ2) is 11.4. The lowest BCUT2D eigenvalue weighted by Gasteiger charge is -2.10. The number of para-hydroxylation sites is 1. The van der Waals surface area contributed by atoms with Gasteiger partial charge in [-0.2, -0.15) is 5.26 Å². The summed E-state index contributed by atoms with van der Waals surface area (Å²) in [5.74, 6) is -0.612. The molecular formula is C26H21Cl2N3O3. The van der Waals surface area contributed by atoms with Crippen molar-refractivity contribution < 1.29 is 14.3 Å². The van der Waals surface area contributed by atoms with Gasteiger partial charge in [0.25, 0.3) is 11.8 Å². The number of nitrogens with one attached hydrogen (secondary N) is 2. The number of halogens is 2. The van der Waals surface area contributed by atoms with E-state index in [9.17, 15) is 14.9 Å². The molecule has 0 radical (unpaired) electrons. The van der Waals surface area contributed by atoms with E-state index in [2.05, 4.69) is 10.6 Å². The molecule has 0 spiro atoms. The molecule has 0 atom stereocenters. The van der Waals surface area contributed by atoms with E-state index in [-0.39, 0.29) is 23.1 Å². The highest BCUT2D eigenvalue weighted by Crippen LogP contribution is 2.27. The standard InChI is InChI=1S/C26H21Cl2N3O3/c1-16-7-9-20(13-21(16)27)30-25(32)15-34-24-10-8-18(12-22(24)28)11-19(14-29)26(33)31-23-6-4-3-5-17(23)2/h3-13H,15H2,1-2H3,(H,30,32)(H,31,33)/b19-11-. The van der Waals surface area contributed by atoms with Crippen LogP contribution in [0.25, 0.3) is 6.08 Å². The number of benzene rings is 3. The van der Waals surface area contributed by atoms with Crippen molar-refractivity contribution in [3.05, 3.63) is 93.0 Å². The molecule has 0 saturated carbocycles. The van der Waals surface area contributed by atoms with Crippen LogP contribution < -0.4 is 15.4 Å². The summed E-state index contributed by atoms with van der Waals surface area (Å²) in [5, 5.41) is 15.6. The number of carbonyl (C=O) groups excluding carboxylic acids is 2. The molecule has 172 valence electrons. The summed E-state index contributed by atoms with van der Waals surface area (Å²) in [6.45, 7) is 3.47. The summed E-state index contributed by atoms with van der Waals surface area (Å²) < 4.78 is 5.51. The normalized spacial score (nSPS) is 10.9. The molecule has 3 aromatic rings. The van der Waals surface area contributed by atoms with Gasteiger partial charge >= 0.3 is 0 Å². The highest BCUT2D eigenvalue weighted by Gasteiger charge is 2.12. The van der Waals surface area contributed by atoms with Gasteiger partial charge in [0.15, 0.2) is 6.61 Å². The Kier molecular flexibility index (Phi) is 8.31. The van der Waals surface area contributed by atoms with Crippen LogP contribution in [0.3, 0.4) is 0 Å². The summed E-state index contributed by atoms with van der Waals surface area (Å²) in [5.41, 5.74) is 3.43. The van der Waals surface area contributed by atoms with Crippen molar-refractivity contribution in [2.45, 2.75) is 13.8 Å². The Labute approximate surface area is 207 Å². The van der Waals surface area contributed by atoms with Crippen LogP contribution in [0.5, 0.6) is 5.75 Å². The molecule has 0 aliphatic carbocycles. The quantitative estimate of drug-likeness (QED) is 0.304. The Morgan fingerprint density at radius 3 is 2.41 bits per heavy atom. The lowest BCUT2D eigenvalue weighted by Crippen LogP contribution is -2.20. The van der Waals surface area contributed by atoms with E-state index in [1.807, 2.05) is 32.0 Å². The summed E-state index contributed by atoms with van der Waals surface area (Å²) in [7, 11) is 0. The zero-order valence-electron chi connectivity index (χ0n) is 18.5. The van der Waals surface area contributed by atoms with Crippen LogP contribution in [0.2, 0.25) is 10.0 Å². The molecule has 2 N–H and O–H groups in total. The molecule has 0 fully saturated rings. The smallest absolute Gasteiger partial charge is 0.266 e. The average molecular weight is 494 g/mol. The van der Waals surface area contributed by atoms with Crippen molar-refractivity contribution in [3.8, 4) is 11.8 Å². The van der Waals surface area contributed by atoms with Crippen LogP contribution in [0, 0.1) is 25.2 Å². The minimum Gasteiger partial charge on any atom is -0.482 e. The first-order chi connectivity index (χ1) is 16.3. The first-order valence-corrected chi connectivity index (χ1v) is 11.0. The number of carbonyl (C=O) groups is 2. The van der Waals surface area contributed by atoms with Crippen LogP contribution in [-0.2, 0) is 9.59 Å². The molecule has 0 heterocycles. The molecule has 0 aliphatic rings. The Morgan fingerprint density at radius 2 is 1.74 bits per heavy atom. The molecule has 3 aromatic carbocycles. The minimum atomic E-state index is -0.527. The van der Waals surface area contributed by atoms with E-state index in [4.69, 9.17) is 27.9 Å². The molecule has 0 bridgehead atoms. The highest BCUT2D eigenvalue weighted by atomic mass is 35.5. The topological polar surface area (TPSA) is 91.2 Å². The Balaban J connectivity index is 1.64. The first-order valence-electron chi connectivity index (χ1n) is 10.2. The van der Waals surface area contributed by atoms with Gasteiger partial charge in [0, 0.05) is 16.4 Å². The molecule has 34 heavy (non-hydrogen) atoms. The number of hydrogen-bond acceptors (Lipinski definition) is 4. The highest BCUT2D eigenvalue weighted by molar-refractivity contribution is 6.32. The zero-order chi connectivity index (χ0) is 24.7. The predicted octanol–water partition coefficient (Wildman–Crippen LogP) is 6.17. The van der Waals surface area contributed by atoms with Crippen molar-refractivity contribution in [2.75, 3.05) is 17.2 Å². The second-order valence-corrected chi connectivity index (χ2v) is 8.24. The lowest BCUT2D eigenvalue weighted by atomic mass is 10.1. The Hall–Kier alpha value is -3.79. The second-order valence-electron chi connectivity index (χ2n) is 7.43. The van der Waals surface area contributed by atoms with Gasteiger partial charge < -0.3 is 15.4 Å². The summed E-state index contributed by atoms with van der Waals surface area (Å²) in [4.78, 5) is 24.7. The van der Waals surface area contributed by atoms with Crippen LogP contribution in [0.1, 0.15) is 16.7 Å². The number of ether oxygens (including phenoxy) is 1. The number of anilines is 2. The van der Waals surface area contributed by atoms with E-state index in [0.717, 1.165) is 11.1 Å². The third kappa shape index (κ3) is 6.61. The molecule has 0 aromatic heterocycles. The fourth-order valence-corrected chi connectivity index (χ4v) is 3.38. The molecule has 0 aliphatic heterocycles. The SMILES string of the molecule is Cc1ccc(NC(=O)COc2ccc(/C=C(/C#N)C(=O)Nc3ccccc3C)cc2Cl)cc1Cl. The third-order valence-corrected chi connectivity index (χ3v) is 5.54. The number of rotatable bonds is 7. The van der Waals surface area contributed by atoms with Crippen LogP contribution in [-0.4, -0.2) is 18.4 Å². The Morgan fingerprint density at radius 1 is 0.971 bits per heavy atom. The molecular weight excluding hydrogens is 473 g/mol. The maximum atomic E-state index is 12.5. The van der Waals surface area contributed by atoms with Crippen molar-refractivity contribution in [3.63, 3.8) is 0 Å². The van der Waals surface area contributed by atoms with Gasteiger partial charge in [-0.1, -0.05) is 53.5 Å². The molecule has 2 amide bonds. The lowest BCUT2D eigenvalue weighted by molar-refractivity contribution is -0.118. The summed E-state index contributed by atoms with van der Waals surface area (Å²) in [6, 6.07) is 19.1. The van der Waals surface area contributed by atoms with Crippen molar-refractivity contribution >= 4 is 52.5 Å². The van der Waals surface area contributed by atoms with E-state index >= 15 is 0 Å². The summed E-state index contributed by atoms with van der Waals surface area (Å²) >= 11 is 12.4. The monoisotopic (exact) mass is 493 g/mol.